The second-order valence-corrected chi connectivity index (χ2v) is 4.07. The van der Waals surface area contributed by atoms with Crippen LogP contribution in [0.5, 0.6) is 5.75 Å². The summed E-state index contributed by atoms with van der Waals surface area (Å²) >= 11 is 1.31. The molecule has 1 rings (SSSR count). The van der Waals surface area contributed by atoms with Gasteiger partial charge < -0.3 is 9.47 Å². The highest BCUT2D eigenvalue weighted by Crippen LogP contribution is 2.38. The molecule has 0 unspecified atom stereocenters. The van der Waals surface area contributed by atoms with Crippen molar-refractivity contribution >= 4 is 28.6 Å². The molecule has 0 saturated carbocycles. The monoisotopic (exact) mass is 397 g/mol. The lowest BCUT2D eigenvalue weighted by Gasteiger charge is -2.16. The molecule has 0 bridgehead atoms. The van der Waals surface area contributed by atoms with Crippen LogP contribution in [-0.4, -0.2) is 24.4 Å². The van der Waals surface area contributed by atoms with Gasteiger partial charge in [-0.2, -0.15) is 0 Å². The number of carbonyl (C=O) groups excluding carboxylic acids is 1. The van der Waals surface area contributed by atoms with Gasteiger partial charge in [0.15, 0.2) is 5.75 Å². The first-order valence-corrected chi connectivity index (χ1v) is 5.56. The average Bonchev–Trinajstić information content (AvgIpc) is 2.25. The van der Waals surface area contributed by atoms with Crippen LogP contribution in [0.1, 0.15) is 22.3 Å². The van der Waals surface area contributed by atoms with Crippen molar-refractivity contribution in [2.45, 2.75) is 12.8 Å². The van der Waals surface area contributed by atoms with E-state index in [-0.39, 0.29) is 0 Å². The number of rotatable bonds is 3. The van der Waals surface area contributed by atoms with Crippen molar-refractivity contribution in [3.63, 3.8) is 0 Å². The van der Waals surface area contributed by atoms with Crippen molar-refractivity contribution in [3.8, 4) is 5.75 Å². The first-order chi connectivity index (χ1) is 8.67. The van der Waals surface area contributed by atoms with Crippen LogP contribution in [0.4, 0.5) is 22.0 Å². The number of ether oxygens (including phenoxy) is 2. The Bertz CT molecular complexity index is 491. The quantitative estimate of drug-likeness (QED) is 0.340. The normalized spacial score (nSPS) is 11.6. The number of hydrogen-bond donors (Lipinski definition) is 0. The Morgan fingerprint density at radius 1 is 1.42 bits per heavy atom. The van der Waals surface area contributed by atoms with Gasteiger partial charge in [0.25, 0.3) is 6.43 Å². The topological polar surface area (TPSA) is 48.4 Å². The predicted octanol–water partition coefficient (Wildman–Crippen LogP) is 3.31. The summed E-state index contributed by atoms with van der Waals surface area (Å²) in [5, 5.41) is 0. The predicted molar refractivity (Wildman–Crippen MR) is 59.9 cm³/mol. The van der Waals surface area contributed by atoms with E-state index in [0.29, 0.717) is 6.20 Å². The second-order valence-electron chi connectivity index (χ2n) is 3.05. The molecule has 0 N–H and O–H groups in total. The van der Waals surface area contributed by atoms with Gasteiger partial charge in [-0.1, -0.05) is 0 Å². The van der Waals surface area contributed by atoms with Crippen LogP contribution < -0.4 is 4.74 Å². The molecule has 1 heterocycles. The minimum atomic E-state index is -5.23. The number of methoxy groups -OCH3 is 1. The van der Waals surface area contributed by atoms with Gasteiger partial charge in [-0.25, -0.2) is 18.6 Å². The van der Waals surface area contributed by atoms with Crippen molar-refractivity contribution in [2.75, 3.05) is 7.11 Å². The Kier molecular flexibility index (Phi) is 4.87. The molecular formula is C9H5F5INO3. The Morgan fingerprint density at radius 2 is 2.00 bits per heavy atom. The van der Waals surface area contributed by atoms with E-state index in [2.05, 4.69) is 14.5 Å². The smallest absolute Gasteiger partial charge is 0.465 e. The summed E-state index contributed by atoms with van der Waals surface area (Å²) in [6.07, 6.45) is -7.83. The molecule has 0 spiro atoms. The minimum Gasteiger partial charge on any atom is -0.465 e. The zero-order chi connectivity index (χ0) is 14.8. The van der Waals surface area contributed by atoms with Gasteiger partial charge in [0, 0.05) is 6.20 Å². The van der Waals surface area contributed by atoms with Gasteiger partial charge in [0.2, 0.25) is 0 Å². The highest BCUT2D eigenvalue weighted by molar-refractivity contribution is 14.1. The third-order valence-electron chi connectivity index (χ3n) is 1.86. The van der Waals surface area contributed by atoms with Crippen molar-refractivity contribution in [1.82, 2.24) is 4.98 Å². The molecule has 0 amide bonds. The van der Waals surface area contributed by atoms with E-state index in [1.54, 1.807) is 0 Å². The number of halogens is 6. The summed E-state index contributed by atoms with van der Waals surface area (Å²) in [6.45, 7) is 0. The van der Waals surface area contributed by atoms with Crippen LogP contribution >= 0.6 is 22.6 Å². The highest BCUT2D eigenvalue weighted by Gasteiger charge is 2.37. The molecule has 1 aromatic rings. The fourth-order valence-corrected chi connectivity index (χ4v) is 1.78. The summed E-state index contributed by atoms with van der Waals surface area (Å²) < 4.78 is 69.5. The molecule has 0 aromatic carbocycles. The second kappa shape index (κ2) is 5.84. The molecule has 0 atom stereocenters. The maximum atomic E-state index is 12.8. The lowest BCUT2D eigenvalue weighted by atomic mass is 10.2. The van der Waals surface area contributed by atoms with Crippen molar-refractivity contribution in [1.29, 1.82) is 0 Å². The van der Waals surface area contributed by atoms with Crippen LogP contribution in [0.2, 0.25) is 0 Å². The first-order valence-electron chi connectivity index (χ1n) is 4.48. The molecule has 0 aliphatic rings. The molecule has 10 heteroatoms. The molecule has 0 aliphatic heterocycles. The Balaban J connectivity index is 3.49. The third-order valence-corrected chi connectivity index (χ3v) is 2.72. The minimum absolute atomic E-state index is 0.403. The molecule has 1 aromatic heterocycles. The number of esters is 1. The lowest BCUT2D eigenvalue weighted by Crippen LogP contribution is -2.21. The van der Waals surface area contributed by atoms with Gasteiger partial charge in [-0.15, -0.1) is 13.2 Å². The van der Waals surface area contributed by atoms with Gasteiger partial charge in [0.05, 0.1) is 12.7 Å². The molecule has 106 valence electrons. The summed E-state index contributed by atoms with van der Waals surface area (Å²) in [4.78, 5) is 14.7. The van der Waals surface area contributed by atoms with Crippen LogP contribution in [0.15, 0.2) is 6.20 Å². The number of carbonyl (C=O) groups is 1. The van der Waals surface area contributed by atoms with E-state index in [9.17, 15) is 26.7 Å². The van der Waals surface area contributed by atoms with Crippen molar-refractivity contribution < 1.29 is 36.2 Å². The van der Waals surface area contributed by atoms with Crippen LogP contribution in [0, 0.1) is 3.70 Å². The zero-order valence-electron chi connectivity index (χ0n) is 9.09. The molecule has 0 fully saturated rings. The van der Waals surface area contributed by atoms with Crippen LogP contribution in [-0.2, 0) is 4.74 Å². The number of nitrogens with zero attached hydrogens (tertiary/aromatic N) is 1. The summed E-state index contributed by atoms with van der Waals surface area (Å²) in [5.41, 5.74) is -1.93. The number of aromatic nitrogens is 1. The first kappa shape index (κ1) is 15.9. The zero-order valence-corrected chi connectivity index (χ0v) is 11.3. The Morgan fingerprint density at radius 3 is 2.42 bits per heavy atom. The third kappa shape index (κ3) is 3.88. The maximum absolute atomic E-state index is 12.8. The molecule has 0 aliphatic carbocycles. The SMILES string of the molecule is COC(=O)c1cnc(I)c(C(F)F)c1OC(F)(F)F. The highest BCUT2D eigenvalue weighted by atomic mass is 127. The number of hydrogen-bond acceptors (Lipinski definition) is 4. The molecule has 0 radical (unpaired) electrons. The lowest BCUT2D eigenvalue weighted by molar-refractivity contribution is -0.275. The van der Waals surface area contributed by atoms with E-state index in [4.69, 9.17) is 0 Å². The van der Waals surface area contributed by atoms with Crippen LogP contribution in [0.25, 0.3) is 0 Å². The average molecular weight is 397 g/mol. The van der Waals surface area contributed by atoms with E-state index in [0.717, 1.165) is 7.11 Å². The molecular weight excluding hydrogens is 392 g/mol. The van der Waals surface area contributed by atoms with Crippen molar-refractivity contribution in [3.05, 3.63) is 21.0 Å². The Hall–Kier alpha value is -1.20. The molecule has 4 nitrogen and oxygen atoms in total. The van der Waals surface area contributed by atoms with Gasteiger partial charge >= 0.3 is 12.3 Å². The molecule has 19 heavy (non-hydrogen) atoms. The fourth-order valence-electron chi connectivity index (χ4n) is 1.16. The standard InChI is InChI=1S/C9H5F5INO3/c1-18-8(17)3-2-16-7(15)4(6(10)11)5(3)19-9(12,13)14/h2,6H,1H3. The largest absolute Gasteiger partial charge is 0.573 e. The summed E-state index contributed by atoms with van der Waals surface area (Å²) in [5.74, 6) is -2.56. The summed E-state index contributed by atoms with van der Waals surface area (Å²) in [7, 11) is 0.889. The van der Waals surface area contributed by atoms with E-state index in [1.165, 1.54) is 22.6 Å². The maximum Gasteiger partial charge on any atom is 0.573 e. The summed E-state index contributed by atoms with van der Waals surface area (Å²) in [6, 6.07) is 0. The number of pyridine rings is 1. The van der Waals surface area contributed by atoms with E-state index >= 15 is 0 Å². The van der Waals surface area contributed by atoms with E-state index in [1.807, 2.05) is 0 Å². The fraction of sp³-hybridized carbons (Fsp3) is 0.333. The van der Waals surface area contributed by atoms with Crippen LogP contribution in [0.3, 0.4) is 0 Å². The van der Waals surface area contributed by atoms with Crippen molar-refractivity contribution in [2.24, 2.45) is 0 Å². The Labute approximate surface area is 117 Å². The van der Waals surface area contributed by atoms with E-state index < -0.39 is 39.3 Å². The number of alkyl halides is 5. The van der Waals surface area contributed by atoms with Gasteiger partial charge in [-0.05, 0) is 22.6 Å². The molecule has 0 saturated heterocycles. The van der Waals surface area contributed by atoms with Gasteiger partial charge in [0.1, 0.15) is 9.26 Å². The van der Waals surface area contributed by atoms with Gasteiger partial charge in [-0.3, -0.25) is 0 Å².